The minimum absolute atomic E-state index is 0.00170. The van der Waals surface area contributed by atoms with Crippen LogP contribution >= 0.6 is 0 Å². The van der Waals surface area contributed by atoms with Crippen molar-refractivity contribution >= 4 is 17.5 Å². The lowest BCUT2D eigenvalue weighted by atomic mass is 9.97. The molecule has 2 aliphatic rings. The van der Waals surface area contributed by atoms with Gasteiger partial charge in [-0.05, 0) is 55.2 Å². The molecular formula is C18H24N2O2. The minimum atomic E-state index is 0.00170. The Hall–Kier alpha value is -1.84. The van der Waals surface area contributed by atoms with Crippen LogP contribution in [0.3, 0.4) is 0 Å². The summed E-state index contributed by atoms with van der Waals surface area (Å²) in [6.45, 7) is 4.19. The van der Waals surface area contributed by atoms with Gasteiger partial charge >= 0.3 is 0 Å². The number of benzene rings is 1. The topological polar surface area (TPSA) is 58.2 Å². The lowest BCUT2D eigenvalue weighted by Crippen LogP contribution is -2.28. The Bertz CT molecular complexity index is 593. The first-order valence-corrected chi connectivity index (χ1v) is 8.25. The molecule has 1 aromatic carbocycles. The number of carbonyl (C=O) groups excluding carboxylic acids is 2. The highest BCUT2D eigenvalue weighted by atomic mass is 16.2. The van der Waals surface area contributed by atoms with Gasteiger partial charge in [-0.1, -0.05) is 19.1 Å². The Morgan fingerprint density at radius 1 is 1.32 bits per heavy atom. The molecule has 1 fully saturated rings. The van der Waals surface area contributed by atoms with E-state index in [0.29, 0.717) is 18.8 Å². The molecule has 0 spiro atoms. The van der Waals surface area contributed by atoms with Crippen molar-refractivity contribution in [3.8, 4) is 0 Å². The van der Waals surface area contributed by atoms with E-state index < -0.39 is 0 Å². The number of nitrogens with one attached hydrogen (secondary N) is 2. The van der Waals surface area contributed by atoms with E-state index in [1.54, 1.807) is 0 Å². The Morgan fingerprint density at radius 3 is 2.82 bits per heavy atom. The number of hydrogen-bond donors (Lipinski definition) is 2. The van der Waals surface area contributed by atoms with E-state index in [-0.39, 0.29) is 17.9 Å². The van der Waals surface area contributed by atoms with Crippen LogP contribution in [-0.4, -0.2) is 11.8 Å². The number of hydrogen-bond acceptors (Lipinski definition) is 2. The molecule has 4 nitrogen and oxygen atoms in total. The van der Waals surface area contributed by atoms with Crippen molar-refractivity contribution in [2.24, 2.45) is 11.8 Å². The molecule has 1 heterocycles. The summed E-state index contributed by atoms with van der Waals surface area (Å²) < 4.78 is 0. The molecule has 0 aromatic heterocycles. The van der Waals surface area contributed by atoms with Gasteiger partial charge in [0, 0.05) is 18.5 Å². The monoisotopic (exact) mass is 300 g/mol. The largest absolute Gasteiger partial charge is 0.350 e. The van der Waals surface area contributed by atoms with Crippen molar-refractivity contribution < 1.29 is 9.59 Å². The van der Waals surface area contributed by atoms with Crippen LogP contribution in [0.4, 0.5) is 5.69 Å². The van der Waals surface area contributed by atoms with Gasteiger partial charge in [0.25, 0.3) is 0 Å². The molecule has 0 bridgehead atoms. The molecule has 3 rings (SSSR count). The van der Waals surface area contributed by atoms with Crippen molar-refractivity contribution in [3.05, 3.63) is 29.3 Å². The first-order chi connectivity index (χ1) is 10.5. The van der Waals surface area contributed by atoms with Crippen molar-refractivity contribution in [1.82, 2.24) is 5.32 Å². The van der Waals surface area contributed by atoms with Gasteiger partial charge in [-0.3, -0.25) is 9.59 Å². The second-order valence-corrected chi connectivity index (χ2v) is 6.77. The van der Waals surface area contributed by atoms with Gasteiger partial charge in [-0.25, -0.2) is 0 Å². The molecule has 2 unspecified atom stereocenters. The number of aryl methyl sites for hydroxylation is 1. The van der Waals surface area contributed by atoms with E-state index in [1.165, 1.54) is 12.8 Å². The number of anilines is 1. The summed E-state index contributed by atoms with van der Waals surface area (Å²) in [7, 11) is 0. The van der Waals surface area contributed by atoms with Crippen molar-refractivity contribution in [2.75, 3.05) is 5.32 Å². The van der Waals surface area contributed by atoms with Crippen LogP contribution in [0.5, 0.6) is 0 Å². The minimum Gasteiger partial charge on any atom is -0.350 e. The third kappa shape index (κ3) is 3.49. The zero-order chi connectivity index (χ0) is 15.7. The summed E-state index contributed by atoms with van der Waals surface area (Å²) in [5, 5.41) is 5.99. The van der Waals surface area contributed by atoms with E-state index in [2.05, 4.69) is 23.6 Å². The Morgan fingerprint density at radius 2 is 2.09 bits per heavy atom. The van der Waals surface area contributed by atoms with Crippen LogP contribution in [-0.2, 0) is 16.0 Å². The summed E-state index contributed by atoms with van der Waals surface area (Å²) in [6, 6.07) is 6.03. The van der Waals surface area contributed by atoms with Gasteiger partial charge in [0.15, 0.2) is 0 Å². The summed E-state index contributed by atoms with van der Waals surface area (Å²) >= 11 is 0. The van der Waals surface area contributed by atoms with Crippen LogP contribution < -0.4 is 10.6 Å². The average molecular weight is 300 g/mol. The maximum absolute atomic E-state index is 12.1. The molecule has 118 valence electrons. The fourth-order valence-corrected chi connectivity index (χ4v) is 3.18. The van der Waals surface area contributed by atoms with E-state index >= 15 is 0 Å². The molecule has 0 radical (unpaired) electrons. The fourth-order valence-electron chi connectivity index (χ4n) is 3.18. The maximum atomic E-state index is 12.1. The summed E-state index contributed by atoms with van der Waals surface area (Å²) in [4.78, 5) is 23.5. The highest BCUT2D eigenvalue weighted by Crippen LogP contribution is 2.38. The van der Waals surface area contributed by atoms with E-state index in [9.17, 15) is 9.59 Å². The predicted octanol–water partition coefficient (Wildman–Crippen LogP) is 3.18. The molecule has 2 amide bonds. The van der Waals surface area contributed by atoms with Gasteiger partial charge in [0.05, 0.1) is 6.04 Å². The SMILES string of the molecule is CC(NC(=O)CC(C)C1CC1)c1ccc2c(c1)CCC(=O)N2. The Kier molecular flexibility index (Phi) is 4.19. The van der Waals surface area contributed by atoms with Gasteiger partial charge in [-0.2, -0.15) is 0 Å². The van der Waals surface area contributed by atoms with Crippen LogP contribution in [0.2, 0.25) is 0 Å². The van der Waals surface area contributed by atoms with Gasteiger partial charge in [0.1, 0.15) is 0 Å². The lowest BCUT2D eigenvalue weighted by molar-refractivity contribution is -0.122. The van der Waals surface area contributed by atoms with E-state index in [1.807, 2.05) is 19.1 Å². The molecule has 1 aromatic rings. The standard InChI is InChI=1S/C18H24N2O2/c1-11(13-3-4-13)9-18(22)19-12(2)14-5-7-16-15(10-14)6-8-17(21)20-16/h5,7,10-13H,3-4,6,8-9H2,1-2H3,(H,19,22)(H,20,21). The number of amides is 2. The number of fused-ring (bicyclic) bond motifs is 1. The third-order valence-electron chi connectivity index (χ3n) is 4.84. The van der Waals surface area contributed by atoms with Gasteiger partial charge in [0.2, 0.25) is 11.8 Å². The van der Waals surface area contributed by atoms with E-state index in [0.717, 1.165) is 29.2 Å². The summed E-state index contributed by atoms with van der Waals surface area (Å²) in [5.41, 5.74) is 3.16. The maximum Gasteiger partial charge on any atom is 0.224 e. The second-order valence-electron chi connectivity index (χ2n) is 6.77. The van der Waals surface area contributed by atoms with E-state index in [4.69, 9.17) is 0 Å². The fraction of sp³-hybridized carbons (Fsp3) is 0.556. The van der Waals surface area contributed by atoms with Gasteiger partial charge in [-0.15, -0.1) is 0 Å². The molecule has 1 aliphatic heterocycles. The number of rotatable bonds is 5. The van der Waals surface area contributed by atoms with Crippen molar-refractivity contribution in [2.45, 2.75) is 52.0 Å². The second kappa shape index (κ2) is 6.11. The van der Waals surface area contributed by atoms with Gasteiger partial charge < -0.3 is 10.6 Å². The van der Waals surface area contributed by atoms with Crippen molar-refractivity contribution in [3.63, 3.8) is 0 Å². The van der Waals surface area contributed by atoms with Crippen LogP contribution in [0, 0.1) is 11.8 Å². The molecule has 2 N–H and O–H groups in total. The highest BCUT2D eigenvalue weighted by molar-refractivity contribution is 5.93. The zero-order valence-corrected chi connectivity index (χ0v) is 13.3. The summed E-state index contributed by atoms with van der Waals surface area (Å²) in [5.74, 6) is 1.47. The Balaban J connectivity index is 1.60. The van der Waals surface area contributed by atoms with Crippen LogP contribution in [0.15, 0.2) is 18.2 Å². The molecule has 2 atom stereocenters. The molecule has 0 saturated heterocycles. The molecule has 22 heavy (non-hydrogen) atoms. The first-order valence-electron chi connectivity index (χ1n) is 8.25. The van der Waals surface area contributed by atoms with Crippen molar-refractivity contribution in [1.29, 1.82) is 0 Å². The average Bonchev–Trinajstić information content (AvgIpc) is 3.31. The highest BCUT2D eigenvalue weighted by Gasteiger charge is 2.29. The smallest absolute Gasteiger partial charge is 0.224 e. The third-order valence-corrected chi connectivity index (χ3v) is 4.84. The van der Waals surface area contributed by atoms with Crippen LogP contribution in [0.1, 0.15) is 56.7 Å². The summed E-state index contributed by atoms with van der Waals surface area (Å²) in [6.07, 6.45) is 4.49. The quantitative estimate of drug-likeness (QED) is 0.877. The predicted molar refractivity (Wildman–Crippen MR) is 86.5 cm³/mol. The molecule has 1 saturated carbocycles. The first kappa shape index (κ1) is 15.1. The lowest BCUT2D eigenvalue weighted by Gasteiger charge is -2.21. The normalized spacial score (nSPS) is 19.8. The zero-order valence-electron chi connectivity index (χ0n) is 13.3. The van der Waals surface area contributed by atoms with Crippen LogP contribution in [0.25, 0.3) is 0 Å². The molecule has 4 heteroatoms. The molecule has 1 aliphatic carbocycles. The number of carbonyl (C=O) groups is 2. The molecular weight excluding hydrogens is 276 g/mol. The Labute approximate surface area is 131 Å².